The van der Waals surface area contributed by atoms with Crippen LogP contribution in [-0.2, 0) is 9.59 Å². The van der Waals surface area contributed by atoms with Crippen molar-refractivity contribution in [1.82, 2.24) is 4.90 Å². The van der Waals surface area contributed by atoms with Crippen LogP contribution in [0.5, 0.6) is 11.5 Å². The van der Waals surface area contributed by atoms with Crippen LogP contribution in [0.25, 0.3) is 0 Å². The highest BCUT2D eigenvalue weighted by Gasteiger charge is 2.15. The lowest BCUT2D eigenvalue weighted by molar-refractivity contribution is -0.131. The summed E-state index contributed by atoms with van der Waals surface area (Å²) in [7, 11) is 3.10. The van der Waals surface area contributed by atoms with Gasteiger partial charge in [-0.15, -0.1) is 0 Å². The molecule has 0 aliphatic carbocycles. The maximum atomic E-state index is 12.4. The predicted molar refractivity (Wildman–Crippen MR) is 96.3 cm³/mol. The number of benzene rings is 2. The first-order chi connectivity index (χ1) is 12.4. The summed E-state index contributed by atoms with van der Waals surface area (Å²) in [5.74, 6) is -0.0235. The molecule has 0 radical (unpaired) electrons. The maximum Gasteiger partial charge on any atom is 0.308 e. The lowest BCUT2D eigenvalue weighted by Crippen LogP contribution is -2.34. The Labute approximate surface area is 151 Å². The largest absolute Gasteiger partial charge is 0.497 e. The van der Waals surface area contributed by atoms with Gasteiger partial charge in [-0.2, -0.15) is 0 Å². The van der Waals surface area contributed by atoms with E-state index in [1.807, 2.05) is 0 Å². The SMILES string of the molecule is COc1ccc(NC(=O)CN(C)C(=O)c2ccc(OC(C)=O)cc2)cc1. The molecule has 0 aromatic heterocycles. The van der Waals surface area contributed by atoms with Crippen molar-refractivity contribution >= 4 is 23.5 Å². The lowest BCUT2D eigenvalue weighted by atomic mass is 10.2. The number of ether oxygens (including phenoxy) is 2. The van der Waals surface area contributed by atoms with Crippen LogP contribution in [0.1, 0.15) is 17.3 Å². The molecule has 136 valence electrons. The van der Waals surface area contributed by atoms with E-state index in [9.17, 15) is 14.4 Å². The summed E-state index contributed by atoms with van der Waals surface area (Å²) >= 11 is 0. The molecule has 0 saturated carbocycles. The third-order valence-corrected chi connectivity index (χ3v) is 3.46. The quantitative estimate of drug-likeness (QED) is 0.634. The van der Waals surface area contributed by atoms with Crippen molar-refractivity contribution in [3.05, 3.63) is 54.1 Å². The summed E-state index contributed by atoms with van der Waals surface area (Å²) < 4.78 is 9.98. The van der Waals surface area contributed by atoms with E-state index in [0.29, 0.717) is 22.7 Å². The smallest absolute Gasteiger partial charge is 0.308 e. The van der Waals surface area contributed by atoms with E-state index in [2.05, 4.69) is 5.32 Å². The highest BCUT2D eigenvalue weighted by atomic mass is 16.5. The Balaban J connectivity index is 1.92. The molecule has 0 unspecified atom stereocenters. The normalized spacial score (nSPS) is 9.96. The zero-order chi connectivity index (χ0) is 19.1. The molecule has 0 bridgehead atoms. The zero-order valence-electron chi connectivity index (χ0n) is 14.8. The van der Waals surface area contributed by atoms with Crippen molar-refractivity contribution in [2.45, 2.75) is 6.92 Å². The average Bonchev–Trinajstić information content (AvgIpc) is 2.61. The van der Waals surface area contributed by atoms with Crippen molar-refractivity contribution in [2.75, 3.05) is 26.0 Å². The van der Waals surface area contributed by atoms with Gasteiger partial charge in [0.25, 0.3) is 5.91 Å². The maximum absolute atomic E-state index is 12.4. The molecule has 1 N–H and O–H groups in total. The summed E-state index contributed by atoms with van der Waals surface area (Å²) in [4.78, 5) is 36.7. The fourth-order valence-electron chi connectivity index (χ4n) is 2.21. The molecular weight excluding hydrogens is 336 g/mol. The minimum atomic E-state index is -0.434. The Morgan fingerprint density at radius 2 is 1.54 bits per heavy atom. The van der Waals surface area contributed by atoms with E-state index in [1.54, 1.807) is 43.5 Å². The van der Waals surface area contributed by atoms with Gasteiger partial charge in [-0.1, -0.05) is 0 Å². The van der Waals surface area contributed by atoms with Gasteiger partial charge in [0, 0.05) is 25.2 Å². The van der Waals surface area contributed by atoms with Crippen LogP contribution in [-0.4, -0.2) is 43.4 Å². The lowest BCUT2D eigenvalue weighted by Gasteiger charge is -2.17. The van der Waals surface area contributed by atoms with Crippen molar-refractivity contribution in [1.29, 1.82) is 0 Å². The number of amides is 2. The number of nitrogens with one attached hydrogen (secondary N) is 1. The van der Waals surface area contributed by atoms with E-state index in [4.69, 9.17) is 9.47 Å². The van der Waals surface area contributed by atoms with Gasteiger partial charge in [0.05, 0.1) is 13.7 Å². The highest BCUT2D eigenvalue weighted by molar-refractivity contribution is 5.99. The number of nitrogens with zero attached hydrogens (tertiary/aromatic N) is 1. The van der Waals surface area contributed by atoms with Crippen LogP contribution in [0, 0.1) is 0 Å². The van der Waals surface area contributed by atoms with E-state index >= 15 is 0 Å². The molecule has 0 fully saturated rings. The molecule has 7 nitrogen and oxygen atoms in total. The first-order valence-electron chi connectivity index (χ1n) is 7.87. The van der Waals surface area contributed by atoms with Crippen molar-refractivity contribution in [3.63, 3.8) is 0 Å². The van der Waals surface area contributed by atoms with E-state index in [1.165, 1.54) is 31.0 Å². The second-order valence-corrected chi connectivity index (χ2v) is 5.56. The minimum absolute atomic E-state index is 0.101. The van der Waals surface area contributed by atoms with Gasteiger partial charge in [0.15, 0.2) is 0 Å². The van der Waals surface area contributed by atoms with Crippen LogP contribution in [0.3, 0.4) is 0 Å². The Morgan fingerprint density at radius 1 is 0.962 bits per heavy atom. The first-order valence-corrected chi connectivity index (χ1v) is 7.87. The van der Waals surface area contributed by atoms with Gasteiger partial charge in [-0.05, 0) is 48.5 Å². The van der Waals surface area contributed by atoms with Crippen LogP contribution >= 0.6 is 0 Å². The fraction of sp³-hybridized carbons (Fsp3) is 0.211. The van der Waals surface area contributed by atoms with Crippen LogP contribution < -0.4 is 14.8 Å². The average molecular weight is 356 g/mol. The Hall–Kier alpha value is -3.35. The summed E-state index contributed by atoms with van der Waals surface area (Å²) in [5.41, 5.74) is 1.00. The molecule has 2 amide bonds. The van der Waals surface area contributed by atoms with Crippen LogP contribution in [0.2, 0.25) is 0 Å². The molecule has 0 spiro atoms. The van der Waals surface area contributed by atoms with E-state index < -0.39 is 5.97 Å². The summed E-state index contributed by atoms with van der Waals surface area (Å²) in [5, 5.41) is 2.72. The summed E-state index contributed by atoms with van der Waals surface area (Å²) in [6, 6.07) is 13.0. The topological polar surface area (TPSA) is 84.9 Å². The number of anilines is 1. The molecule has 0 atom stereocenters. The monoisotopic (exact) mass is 356 g/mol. The Kier molecular flexibility index (Phi) is 6.32. The minimum Gasteiger partial charge on any atom is -0.497 e. The van der Waals surface area contributed by atoms with Gasteiger partial charge in [-0.3, -0.25) is 14.4 Å². The fourth-order valence-corrected chi connectivity index (χ4v) is 2.21. The Bertz CT molecular complexity index is 785. The highest BCUT2D eigenvalue weighted by Crippen LogP contribution is 2.16. The number of carbonyl (C=O) groups is 3. The first kappa shape index (κ1) is 19.0. The summed E-state index contributed by atoms with van der Waals surface area (Å²) in [6.07, 6.45) is 0. The van der Waals surface area contributed by atoms with E-state index in [0.717, 1.165) is 0 Å². The molecule has 2 rings (SSSR count). The third kappa shape index (κ3) is 5.34. The molecule has 7 heteroatoms. The zero-order valence-corrected chi connectivity index (χ0v) is 14.8. The molecular formula is C19H20N2O5. The van der Waals surface area contributed by atoms with E-state index in [-0.39, 0.29) is 18.4 Å². The number of hydrogen-bond acceptors (Lipinski definition) is 5. The molecule has 2 aromatic carbocycles. The van der Waals surface area contributed by atoms with Gasteiger partial charge < -0.3 is 19.7 Å². The second-order valence-electron chi connectivity index (χ2n) is 5.56. The number of methoxy groups -OCH3 is 1. The third-order valence-electron chi connectivity index (χ3n) is 3.46. The molecule has 0 heterocycles. The van der Waals surface area contributed by atoms with Crippen LogP contribution in [0.15, 0.2) is 48.5 Å². The van der Waals surface area contributed by atoms with Gasteiger partial charge >= 0.3 is 5.97 Å². The molecule has 26 heavy (non-hydrogen) atoms. The second kappa shape index (κ2) is 8.66. The number of rotatable bonds is 6. The Morgan fingerprint density at radius 3 is 2.08 bits per heavy atom. The van der Waals surface area contributed by atoms with Crippen LogP contribution in [0.4, 0.5) is 5.69 Å². The predicted octanol–water partition coefficient (Wildman–Crippen LogP) is 2.33. The molecule has 0 aliphatic heterocycles. The van der Waals surface area contributed by atoms with Crippen molar-refractivity contribution in [2.24, 2.45) is 0 Å². The molecule has 0 aliphatic rings. The number of likely N-dealkylation sites (N-methyl/N-ethyl adjacent to an activating group) is 1. The number of esters is 1. The van der Waals surface area contributed by atoms with Crippen molar-refractivity contribution in [3.8, 4) is 11.5 Å². The van der Waals surface area contributed by atoms with Gasteiger partial charge in [0.2, 0.25) is 5.91 Å². The summed E-state index contributed by atoms with van der Waals surface area (Å²) in [6.45, 7) is 1.20. The van der Waals surface area contributed by atoms with Gasteiger partial charge in [0.1, 0.15) is 11.5 Å². The number of hydrogen-bond donors (Lipinski definition) is 1. The number of carbonyl (C=O) groups excluding carboxylic acids is 3. The van der Waals surface area contributed by atoms with Crippen molar-refractivity contribution < 1.29 is 23.9 Å². The molecule has 0 saturated heterocycles. The standard InChI is InChI=1S/C19H20N2O5/c1-13(22)26-17-8-4-14(5-9-17)19(24)21(2)12-18(23)20-15-6-10-16(25-3)11-7-15/h4-11H,12H2,1-3H3,(H,20,23). The van der Waals surface area contributed by atoms with Gasteiger partial charge in [-0.25, -0.2) is 0 Å². The molecule has 2 aromatic rings.